The van der Waals surface area contributed by atoms with Crippen molar-refractivity contribution in [1.82, 2.24) is 0 Å². The van der Waals surface area contributed by atoms with Crippen LogP contribution in [0, 0.1) is 5.92 Å². The zero-order valence-electron chi connectivity index (χ0n) is 6.94. The second kappa shape index (κ2) is 3.10. The summed E-state index contributed by atoms with van der Waals surface area (Å²) in [4.78, 5) is 10.6. The highest BCUT2D eigenvalue weighted by Crippen LogP contribution is 2.40. The Balaban J connectivity index is 2.16. The molecule has 2 rings (SSSR count). The van der Waals surface area contributed by atoms with Crippen molar-refractivity contribution in [3.05, 3.63) is 35.9 Å². The molecule has 1 aliphatic rings. The van der Waals surface area contributed by atoms with E-state index in [0.717, 1.165) is 12.7 Å². The summed E-state index contributed by atoms with van der Waals surface area (Å²) in [6.07, 6.45) is 3.34. The van der Waals surface area contributed by atoms with Gasteiger partial charge in [0.15, 0.2) is 0 Å². The van der Waals surface area contributed by atoms with E-state index in [2.05, 4.69) is 12.1 Å². The smallest absolute Gasteiger partial charge is 0.123 e. The summed E-state index contributed by atoms with van der Waals surface area (Å²) in [7, 11) is 0. The first-order chi connectivity index (χ1) is 5.92. The molecule has 1 nitrogen and oxygen atoms in total. The monoisotopic (exact) mass is 160 g/mol. The van der Waals surface area contributed by atoms with Crippen LogP contribution in [0.2, 0.25) is 0 Å². The Bertz CT molecular complexity index is 266. The maximum atomic E-state index is 10.6. The minimum atomic E-state index is 0.285. The Hall–Kier alpha value is -1.11. The third kappa shape index (κ3) is 1.15. The van der Waals surface area contributed by atoms with Crippen molar-refractivity contribution < 1.29 is 4.79 Å². The van der Waals surface area contributed by atoms with E-state index in [1.807, 2.05) is 18.2 Å². The molecule has 1 saturated carbocycles. The maximum absolute atomic E-state index is 10.6. The SMILES string of the molecule is O=CC1CCC1c1ccccc1. The molecule has 0 aromatic heterocycles. The maximum Gasteiger partial charge on any atom is 0.123 e. The van der Waals surface area contributed by atoms with Crippen molar-refractivity contribution in [2.45, 2.75) is 18.8 Å². The highest BCUT2D eigenvalue weighted by atomic mass is 16.1. The molecule has 12 heavy (non-hydrogen) atoms. The van der Waals surface area contributed by atoms with Crippen LogP contribution in [0.15, 0.2) is 30.3 Å². The molecule has 1 aromatic carbocycles. The van der Waals surface area contributed by atoms with Gasteiger partial charge in [0.1, 0.15) is 6.29 Å². The third-order valence-corrected chi connectivity index (χ3v) is 2.73. The van der Waals surface area contributed by atoms with Gasteiger partial charge in [-0.2, -0.15) is 0 Å². The average molecular weight is 160 g/mol. The Labute approximate surface area is 72.4 Å². The number of carbonyl (C=O) groups is 1. The minimum Gasteiger partial charge on any atom is -0.303 e. The molecular formula is C11H12O. The Morgan fingerprint density at radius 3 is 2.42 bits per heavy atom. The molecule has 0 N–H and O–H groups in total. The van der Waals surface area contributed by atoms with Crippen LogP contribution >= 0.6 is 0 Å². The van der Waals surface area contributed by atoms with E-state index in [1.165, 1.54) is 12.0 Å². The van der Waals surface area contributed by atoms with Gasteiger partial charge in [0.2, 0.25) is 0 Å². The number of rotatable bonds is 2. The Kier molecular flexibility index (Phi) is 1.94. The van der Waals surface area contributed by atoms with Crippen LogP contribution in [0.4, 0.5) is 0 Å². The van der Waals surface area contributed by atoms with Crippen molar-refractivity contribution in [3.63, 3.8) is 0 Å². The van der Waals surface area contributed by atoms with E-state index in [9.17, 15) is 4.79 Å². The molecule has 0 saturated heterocycles. The van der Waals surface area contributed by atoms with Gasteiger partial charge < -0.3 is 4.79 Å². The van der Waals surface area contributed by atoms with Crippen molar-refractivity contribution in [2.75, 3.05) is 0 Å². The van der Waals surface area contributed by atoms with Gasteiger partial charge in [0.05, 0.1) is 0 Å². The van der Waals surface area contributed by atoms with E-state index in [0.29, 0.717) is 5.92 Å². The van der Waals surface area contributed by atoms with Gasteiger partial charge in [-0.3, -0.25) is 0 Å². The number of hydrogen-bond donors (Lipinski definition) is 0. The van der Waals surface area contributed by atoms with Gasteiger partial charge in [-0.1, -0.05) is 30.3 Å². The number of benzene rings is 1. The lowest BCUT2D eigenvalue weighted by molar-refractivity contribution is -0.113. The molecule has 0 spiro atoms. The first kappa shape index (κ1) is 7.53. The van der Waals surface area contributed by atoms with Gasteiger partial charge in [-0.15, -0.1) is 0 Å². The standard InChI is InChI=1S/C11H12O/c12-8-10-6-7-11(10)9-4-2-1-3-5-9/h1-5,8,10-11H,6-7H2. The highest BCUT2D eigenvalue weighted by molar-refractivity contribution is 5.57. The van der Waals surface area contributed by atoms with Crippen LogP contribution in [0.1, 0.15) is 24.3 Å². The first-order valence-electron chi connectivity index (χ1n) is 4.42. The fraction of sp³-hybridized carbons (Fsp3) is 0.364. The summed E-state index contributed by atoms with van der Waals surface area (Å²) >= 11 is 0. The Morgan fingerprint density at radius 2 is 1.92 bits per heavy atom. The van der Waals surface area contributed by atoms with E-state index in [-0.39, 0.29) is 5.92 Å². The van der Waals surface area contributed by atoms with Gasteiger partial charge in [0, 0.05) is 5.92 Å². The predicted molar refractivity (Wildman–Crippen MR) is 48.0 cm³/mol. The van der Waals surface area contributed by atoms with Crippen molar-refractivity contribution in [2.24, 2.45) is 5.92 Å². The van der Waals surface area contributed by atoms with E-state index in [1.54, 1.807) is 0 Å². The van der Waals surface area contributed by atoms with Crippen LogP contribution < -0.4 is 0 Å². The fourth-order valence-corrected chi connectivity index (χ4v) is 1.80. The lowest BCUT2D eigenvalue weighted by atomic mass is 9.71. The van der Waals surface area contributed by atoms with Crippen molar-refractivity contribution in [3.8, 4) is 0 Å². The molecule has 0 heterocycles. The lowest BCUT2D eigenvalue weighted by Crippen LogP contribution is -2.24. The summed E-state index contributed by atoms with van der Waals surface area (Å²) in [6, 6.07) is 10.3. The molecule has 2 atom stereocenters. The minimum absolute atomic E-state index is 0.285. The quantitative estimate of drug-likeness (QED) is 0.607. The van der Waals surface area contributed by atoms with E-state index < -0.39 is 0 Å². The molecular weight excluding hydrogens is 148 g/mol. The fourth-order valence-electron chi connectivity index (χ4n) is 1.80. The molecule has 1 aliphatic carbocycles. The zero-order valence-corrected chi connectivity index (χ0v) is 6.94. The molecule has 0 radical (unpaired) electrons. The number of carbonyl (C=O) groups excluding carboxylic acids is 1. The molecule has 1 fully saturated rings. The largest absolute Gasteiger partial charge is 0.303 e. The highest BCUT2D eigenvalue weighted by Gasteiger charge is 2.31. The van der Waals surface area contributed by atoms with E-state index in [4.69, 9.17) is 0 Å². The second-order valence-electron chi connectivity index (χ2n) is 3.39. The molecule has 1 heteroatoms. The molecule has 0 amide bonds. The van der Waals surface area contributed by atoms with Gasteiger partial charge in [0.25, 0.3) is 0 Å². The van der Waals surface area contributed by atoms with Crippen LogP contribution in [0.25, 0.3) is 0 Å². The molecule has 2 unspecified atom stereocenters. The van der Waals surface area contributed by atoms with Crippen molar-refractivity contribution in [1.29, 1.82) is 0 Å². The van der Waals surface area contributed by atoms with Crippen LogP contribution in [0.3, 0.4) is 0 Å². The van der Waals surface area contributed by atoms with Gasteiger partial charge in [-0.25, -0.2) is 0 Å². The zero-order chi connectivity index (χ0) is 8.39. The summed E-state index contributed by atoms with van der Waals surface area (Å²) < 4.78 is 0. The normalized spacial score (nSPS) is 27.7. The van der Waals surface area contributed by atoms with Crippen LogP contribution in [-0.4, -0.2) is 6.29 Å². The van der Waals surface area contributed by atoms with Crippen LogP contribution in [0.5, 0.6) is 0 Å². The van der Waals surface area contributed by atoms with Gasteiger partial charge >= 0.3 is 0 Å². The summed E-state index contributed by atoms with van der Waals surface area (Å²) in [6.45, 7) is 0. The Morgan fingerprint density at radius 1 is 1.17 bits per heavy atom. The molecule has 1 aromatic rings. The number of hydrogen-bond acceptors (Lipinski definition) is 1. The van der Waals surface area contributed by atoms with Crippen molar-refractivity contribution >= 4 is 6.29 Å². The van der Waals surface area contributed by atoms with Crippen LogP contribution in [-0.2, 0) is 4.79 Å². The average Bonchev–Trinajstić information content (AvgIpc) is 2.05. The molecule has 0 bridgehead atoms. The van der Waals surface area contributed by atoms with E-state index >= 15 is 0 Å². The summed E-state index contributed by atoms with van der Waals surface area (Å²) in [5.74, 6) is 0.788. The predicted octanol–water partition coefficient (Wildman–Crippen LogP) is 2.38. The molecule has 62 valence electrons. The third-order valence-electron chi connectivity index (χ3n) is 2.73. The van der Waals surface area contributed by atoms with Gasteiger partial charge in [-0.05, 0) is 24.3 Å². The number of aldehydes is 1. The lowest BCUT2D eigenvalue weighted by Gasteiger charge is -2.32. The first-order valence-corrected chi connectivity index (χ1v) is 4.42. The molecule has 0 aliphatic heterocycles. The summed E-state index contributed by atoms with van der Waals surface area (Å²) in [5.41, 5.74) is 1.32. The topological polar surface area (TPSA) is 17.1 Å². The summed E-state index contributed by atoms with van der Waals surface area (Å²) in [5, 5.41) is 0. The second-order valence-corrected chi connectivity index (χ2v) is 3.39.